The van der Waals surface area contributed by atoms with E-state index in [-0.39, 0.29) is 5.49 Å². The van der Waals surface area contributed by atoms with E-state index in [4.69, 9.17) is 22.7 Å². The van der Waals surface area contributed by atoms with Gasteiger partial charge in [-0.1, -0.05) is 29.8 Å². The van der Waals surface area contributed by atoms with E-state index in [0.717, 1.165) is 29.7 Å². The number of rotatable bonds is 5. The van der Waals surface area contributed by atoms with E-state index in [2.05, 4.69) is 25.5 Å². The number of benzene rings is 1. The number of likely N-dealkylation sites (N-methyl/N-ethyl adjacent to an activating group) is 1. The molecule has 0 atom stereocenters. The fourth-order valence-electron chi connectivity index (χ4n) is 2.81. The minimum atomic E-state index is 0.0220. The molecule has 7 nitrogen and oxygen atoms in total. The summed E-state index contributed by atoms with van der Waals surface area (Å²) in [4.78, 5) is 11.2. The average molecular weight is 398 g/mol. The molecule has 1 aliphatic heterocycles. The predicted octanol–water partition coefficient (Wildman–Crippen LogP) is 0.154. The molecule has 0 saturated carbocycles. The Hall–Kier alpha value is -2.90. The van der Waals surface area contributed by atoms with Gasteiger partial charge in [-0.3, -0.25) is 5.41 Å². The third-order valence-electron chi connectivity index (χ3n) is 4.24. The van der Waals surface area contributed by atoms with Gasteiger partial charge in [0.25, 0.3) is 0 Å². The quantitative estimate of drug-likeness (QED) is 0.573. The molecule has 3 rings (SSSR count). The molecule has 0 unspecified atom stereocenters. The monoisotopic (exact) mass is 397 g/mol. The van der Waals surface area contributed by atoms with Crippen LogP contribution in [0.3, 0.4) is 0 Å². The molecule has 5 N–H and O–H groups in total. The van der Waals surface area contributed by atoms with Crippen LogP contribution in [0.4, 0.5) is 0 Å². The number of fused-ring (bicyclic) bond motifs is 1. The molecule has 0 radical (unpaired) electrons. The molecule has 0 saturated heterocycles. The van der Waals surface area contributed by atoms with Crippen LogP contribution < -0.4 is 32.4 Å². The summed E-state index contributed by atoms with van der Waals surface area (Å²) in [6.07, 6.45) is 3.71. The zero-order valence-electron chi connectivity index (χ0n) is 16.2. The molecule has 1 aromatic heterocycles. The third kappa shape index (κ3) is 4.32. The molecule has 0 spiro atoms. The first-order valence-corrected chi connectivity index (χ1v) is 9.30. The Morgan fingerprint density at radius 2 is 2.04 bits per heavy atom. The summed E-state index contributed by atoms with van der Waals surface area (Å²) in [7, 11) is 4.04. The van der Waals surface area contributed by atoms with Crippen LogP contribution in [0.25, 0.3) is 29.2 Å². The third-order valence-corrected chi connectivity index (χ3v) is 4.57. The van der Waals surface area contributed by atoms with Gasteiger partial charge in [-0.25, -0.2) is 9.97 Å². The second-order valence-corrected chi connectivity index (χ2v) is 7.22. The van der Waals surface area contributed by atoms with Crippen molar-refractivity contribution in [2.75, 3.05) is 27.2 Å². The highest BCUT2D eigenvalue weighted by molar-refractivity contribution is 6.33. The van der Waals surface area contributed by atoms with Crippen LogP contribution in [0.5, 0.6) is 0 Å². The number of halogens is 1. The van der Waals surface area contributed by atoms with Crippen molar-refractivity contribution in [3.05, 3.63) is 56.9 Å². The maximum Gasteiger partial charge on any atom is 0.173 e. The first kappa shape index (κ1) is 19.9. The maximum atomic E-state index is 8.34. The van der Waals surface area contributed by atoms with E-state index in [1.807, 2.05) is 50.6 Å². The Labute approximate surface area is 168 Å². The number of nitrogens with zero attached hydrogens (tertiary/aromatic N) is 3. The lowest BCUT2D eigenvalue weighted by Crippen LogP contribution is -2.33. The summed E-state index contributed by atoms with van der Waals surface area (Å²) in [5, 5.41) is 16.6. The Kier molecular flexibility index (Phi) is 5.96. The highest BCUT2D eigenvalue weighted by Crippen LogP contribution is 2.23. The van der Waals surface area contributed by atoms with Gasteiger partial charge >= 0.3 is 0 Å². The van der Waals surface area contributed by atoms with Crippen molar-refractivity contribution in [3.8, 4) is 11.3 Å². The number of nitrogens with one attached hydrogen (secondary N) is 3. The molecular formula is C20H24ClN7. The van der Waals surface area contributed by atoms with Gasteiger partial charge in [-0.05, 0) is 27.1 Å². The Morgan fingerprint density at radius 1 is 1.29 bits per heavy atom. The summed E-state index contributed by atoms with van der Waals surface area (Å²) < 4.78 is 0. The fraction of sp³-hybridized carbons (Fsp3) is 0.250. The fourth-order valence-corrected chi connectivity index (χ4v) is 3.04. The van der Waals surface area contributed by atoms with Gasteiger partial charge in [0.05, 0.1) is 11.4 Å². The highest BCUT2D eigenvalue weighted by Gasteiger charge is 2.13. The average Bonchev–Trinajstić information content (AvgIpc) is 2.77. The molecular weight excluding hydrogens is 374 g/mol. The lowest BCUT2D eigenvalue weighted by atomic mass is 10.1. The van der Waals surface area contributed by atoms with Crippen molar-refractivity contribution in [2.45, 2.75) is 6.92 Å². The second kappa shape index (κ2) is 8.41. The Morgan fingerprint density at radius 3 is 2.71 bits per heavy atom. The summed E-state index contributed by atoms with van der Waals surface area (Å²) in [5.41, 5.74) is 8.45. The van der Waals surface area contributed by atoms with Gasteiger partial charge in [-0.2, -0.15) is 0 Å². The number of hydrogen-bond donors (Lipinski definition) is 4. The van der Waals surface area contributed by atoms with Crippen molar-refractivity contribution in [3.63, 3.8) is 0 Å². The number of hydrogen-bond acceptors (Lipinski definition) is 7. The Bertz CT molecular complexity index is 1100. The van der Waals surface area contributed by atoms with E-state index in [1.54, 1.807) is 6.92 Å². The SMILES string of the molecule is C/C(N)=c1\nc(-c2ccccc2Cl)c2c(nc1=N)C=C(NCCN(C)C)NC=2. The molecule has 0 aliphatic carbocycles. The van der Waals surface area contributed by atoms with E-state index in [1.165, 1.54) is 0 Å². The van der Waals surface area contributed by atoms with Crippen LogP contribution in [0.15, 0.2) is 30.1 Å². The molecule has 2 heterocycles. The zero-order valence-corrected chi connectivity index (χ0v) is 16.9. The topological polar surface area (TPSA) is 103 Å². The van der Waals surface area contributed by atoms with E-state index >= 15 is 0 Å². The minimum absolute atomic E-state index is 0.0220. The highest BCUT2D eigenvalue weighted by atomic mass is 35.5. The molecule has 0 bridgehead atoms. The first-order chi connectivity index (χ1) is 13.4. The van der Waals surface area contributed by atoms with Crippen molar-refractivity contribution in [2.24, 2.45) is 5.73 Å². The van der Waals surface area contributed by atoms with E-state index < -0.39 is 0 Å². The Balaban J connectivity index is 2.22. The van der Waals surface area contributed by atoms with Crippen molar-refractivity contribution in [1.82, 2.24) is 25.5 Å². The van der Waals surface area contributed by atoms with Crippen molar-refractivity contribution in [1.29, 1.82) is 5.41 Å². The molecule has 8 heteroatoms. The second-order valence-electron chi connectivity index (χ2n) is 6.81. The molecule has 0 amide bonds. The van der Waals surface area contributed by atoms with Gasteiger partial charge < -0.3 is 21.3 Å². The maximum absolute atomic E-state index is 8.34. The van der Waals surface area contributed by atoms with E-state index in [9.17, 15) is 0 Å². The number of aromatic nitrogens is 2. The molecule has 28 heavy (non-hydrogen) atoms. The lowest BCUT2D eigenvalue weighted by Gasteiger charge is -2.16. The molecule has 146 valence electrons. The van der Waals surface area contributed by atoms with Crippen LogP contribution in [0, 0.1) is 5.41 Å². The van der Waals surface area contributed by atoms with Crippen molar-refractivity contribution < 1.29 is 0 Å². The van der Waals surface area contributed by atoms with Gasteiger partial charge in [-0.15, -0.1) is 0 Å². The normalized spacial score (nSPS) is 13.8. The van der Waals surface area contributed by atoms with Gasteiger partial charge in [0, 0.05) is 46.9 Å². The van der Waals surface area contributed by atoms with Crippen molar-refractivity contribution >= 4 is 29.6 Å². The van der Waals surface area contributed by atoms with Gasteiger partial charge in [0.1, 0.15) is 11.2 Å². The van der Waals surface area contributed by atoms with Crippen LogP contribution in [-0.2, 0) is 0 Å². The molecule has 1 aromatic carbocycles. The molecule has 1 aliphatic rings. The van der Waals surface area contributed by atoms with Crippen LogP contribution in [0.1, 0.15) is 12.6 Å². The van der Waals surface area contributed by atoms with Gasteiger partial charge in [0.15, 0.2) is 5.49 Å². The van der Waals surface area contributed by atoms with Crippen LogP contribution in [-0.4, -0.2) is 42.1 Å². The minimum Gasteiger partial charge on any atom is -0.400 e. The number of nitrogens with two attached hydrogens (primary N) is 1. The summed E-state index contributed by atoms with van der Waals surface area (Å²) in [6.45, 7) is 3.38. The lowest BCUT2D eigenvalue weighted by molar-refractivity contribution is 0.407. The molecule has 2 aromatic rings. The summed E-state index contributed by atoms with van der Waals surface area (Å²) in [5.74, 6) is 0.813. The summed E-state index contributed by atoms with van der Waals surface area (Å²) >= 11 is 6.43. The molecule has 0 fully saturated rings. The predicted molar refractivity (Wildman–Crippen MR) is 113 cm³/mol. The van der Waals surface area contributed by atoms with Crippen LogP contribution in [0.2, 0.25) is 5.02 Å². The summed E-state index contributed by atoms with van der Waals surface area (Å²) in [6, 6.07) is 7.47. The first-order valence-electron chi connectivity index (χ1n) is 8.92. The standard InChI is InChI=1S/C20H24ClN7/c1-12(22)18-20(23)26-16-10-17(24-8-9-28(2)3)25-11-14(16)19(27-18)13-6-4-5-7-15(13)21/h4-7,10-11,23-25H,8-9,22H2,1-3H3/b18-12+,23-20?. The van der Waals surface area contributed by atoms with Gasteiger partial charge in [0.2, 0.25) is 0 Å². The smallest absolute Gasteiger partial charge is 0.173 e. The zero-order chi connectivity index (χ0) is 20.3. The largest absolute Gasteiger partial charge is 0.400 e. The van der Waals surface area contributed by atoms with E-state index in [0.29, 0.717) is 27.5 Å². The van der Waals surface area contributed by atoms with Crippen LogP contribution >= 0.6 is 11.6 Å².